The van der Waals surface area contributed by atoms with Crippen molar-refractivity contribution in [3.63, 3.8) is 0 Å². The SMILES string of the molecule is C[n+]1ccc(C(C)(C)C)cc1-c1[c-]cccc1.[Ir]. The Labute approximate surface area is 123 Å². The minimum absolute atomic E-state index is 0. The predicted molar refractivity (Wildman–Crippen MR) is 70.6 cm³/mol. The second-order valence-corrected chi connectivity index (χ2v) is 5.44. The first-order valence-electron chi connectivity index (χ1n) is 5.96. The normalized spacial score (nSPS) is 10.9. The van der Waals surface area contributed by atoms with Crippen LogP contribution < -0.4 is 4.57 Å². The zero-order valence-corrected chi connectivity index (χ0v) is 13.7. The Bertz CT molecular complexity index is 512. The molecule has 1 aromatic heterocycles. The minimum Gasteiger partial charge on any atom is -0.242 e. The summed E-state index contributed by atoms with van der Waals surface area (Å²) < 4.78 is 2.14. The van der Waals surface area contributed by atoms with Gasteiger partial charge in [0.1, 0.15) is 12.7 Å². The second-order valence-electron chi connectivity index (χ2n) is 5.44. The summed E-state index contributed by atoms with van der Waals surface area (Å²) in [5.41, 5.74) is 3.87. The molecule has 1 radical (unpaired) electrons. The van der Waals surface area contributed by atoms with Crippen LogP contribution in [0, 0.1) is 6.07 Å². The molecule has 2 aromatic rings. The van der Waals surface area contributed by atoms with Crippen molar-refractivity contribution in [3.8, 4) is 11.3 Å². The van der Waals surface area contributed by atoms with E-state index in [4.69, 9.17) is 0 Å². The van der Waals surface area contributed by atoms with Crippen molar-refractivity contribution in [3.05, 3.63) is 54.2 Å². The molecule has 0 amide bonds. The molecule has 0 saturated carbocycles. The molecule has 18 heavy (non-hydrogen) atoms. The van der Waals surface area contributed by atoms with Crippen LogP contribution in [0.1, 0.15) is 26.3 Å². The van der Waals surface area contributed by atoms with Crippen molar-refractivity contribution in [2.75, 3.05) is 0 Å². The molecule has 0 atom stereocenters. The third-order valence-electron chi connectivity index (χ3n) is 3.00. The Morgan fingerprint density at radius 2 is 1.83 bits per heavy atom. The second kappa shape index (κ2) is 5.77. The zero-order chi connectivity index (χ0) is 12.5. The van der Waals surface area contributed by atoms with E-state index >= 15 is 0 Å². The van der Waals surface area contributed by atoms with Gasteiger partial charge in [-0.2, -0.15) is 0 Å². The molecule has 1 nitrogen and oxygen atoms in total. The first-order valence-corrected chi connectivity index (χ1v) is 5.96. The van der Waals surface area contributed by atoms with Gasteiger partial charge in [-0.25, -0.2) is 4.57 Å². The number of hydrogen-bond acceptors (Lipinski definition) is 0. The maximum absolute atomic E-state index is 3.28. The first-order chi connectivity index (χ1) is 7.98. The predicted octanol–water partition coefficient (Wildman–Crippen LogP) is 3.27. The van der Waals surface area contributed by atoms with E-state index in [2.05, 4.69) is 68.9 Å². The number of aromatic nitrogens is 1. The van der Waals surface area contributed by atoms with Crippen LogP contribution in [-0.4, -0.2) is 0 Å². The topological polar surface area (TPSA) is 3.88 Å². The van der Waals surface area contributed by atoms with E-state index in [9.17, 15) is 0 Å². The molecule has 0 fully saturated rings. The van der Waals surface area contributed by atoms with Gasteiger partial charge in [0.15, 0.2) is 6.20 Å². The summed E-state index contributed by atoms with van der Waals surface area (Å²) in [6.07, 6.45) is 2.12. The molecule has 0 aliphatic rings. The fourth-order valence-corrected chi connectivity index (χ4v) is 1.86. The van der Waals surface area contributed by atoms with Crippen LogP contribution in [-0.2, 0) is 32.6 Å². The Balaban J connectivity index is 0.00000162. The van der Waals surface area contributed by atoms with E-state index in [1.807, 2.05) is 12.1 Å². The minimum atomic E-state index is 0. The van der Waals surface area contributed by atoms with E-state index in [0.717, 1.165) is 5.56 Å². The molecule has 2 rings (SSSR count). The molecule has 0 spiro atoms. The molecular weight excluding hydrogens is 398 g/mol. The van der Waals surface area contributed by atoms with Gasteiger partial charge >= 0.3 is 0 Å². The van der Waals surface area contributed by atoms with Gasteiger partial charge < -0.3 is 0 Å². The molecule has 0 aliphatic heterocycles. The van der Waals surface area contributed by atoms with Crippen molar-refractivity contribution >= 4 is 0 Å². The summed E-state index contributed by atoms with van der Waals surface area (Å²) in [5, 5.41) is 0. The number of pyridine rings is 1. The Kier molecular flexibility index (Phi) is 4.84. The van der Waals surface area contributed by atoms with Crippen molar-refractivity contribution in [2.24, 2.45) is 7.05 Å². The van der Waals surface area contributed by atoms with Crippen LogP contribution in [0.3, 0.4) is 0 Å². The fourth-order valence-electron chi connectivity index (χ4n) is 1.86. The van der Waals surface area contributed by atoms with Gasteiger partial charge in [0.05, 0.1) is 0 Å². The van der Waals surface area contributed by atoms with Gasteiger partial charge in [-0.15, -0.1) is 30.3 Å². The van der Waals surface area contributed by atoms with Gasteiger partial charge in [-0.3, -0.25) is 0 Å². The Hall–Kier alpha value is -0.981. The van der Waals surface area contributed by atoms with Gasteiger partial charge in [0.2, 0.25) is 0 Å². The number of benzene rings is 1. The quantitative estimate of drug-likeness (QED) is 0.495. The van der Waals surface area contributed by atoms with Gasteiger partial charge in [0, 0.05) is 26.2 Å². The smallest absolute Gasteiger partial charge is 0.160 e. The van der Waals surface area contributed by atoms with E-state index in [0.29, 0.717) is 0 Å². The number of nitrogens with zero attached hydrogens (tertiary/aromatic N) is 1. The monoisotopic (exact) mass is 418 g/mol. The van der Waals surface area contributed by atoms with Crippen LogP contribution >= 0.6 is 0 Å². The molecule has 2 heteroatoms. The maximum atomic E-state index is 3.28. The summed E-state index contributed by atoms with van der Waals surface area (Å²) >= 11 is 0. The first kappa shape index (κ1) is 15.1. The van der Waals surface area contributed by atoms with Crippen LogP contribution in [0.2, 0.25) is 0 Å². The van der Waals surface area contributed by atoms with Crippen LogP contribution in [0.5, 0.6) is 0 Å². The van der Waals surface area contributed by atoms with Gasteiger partial charge in [0.25, 0.3) is 0 Å². The molecule has 97 valence electrons. The van der Waals surface area contributed by atoms with E-state index in [-0.39, 0.29) is 25.5 Å². The molecule has 0 N–H and O–H groups in total. The van der Waals surface area contributed by atoms with Crippen molar-refractivity contribution in [1.29, 1.82) is 0 Å². The van der Waals surface area contributed by atoms with Gasteiger partial charge in [-0.05, 0) is 17.0 Å². The summed E-state index contributed by atoms with van der Waals surface area (Å²) in [6, 6.07) is 15.8. The number of rotatable bonds is 1. The zero-order valence-electron chi connectivity index (χ0n) is 11.3. The third-order valence-corrected chi connectivity index (χ3v) is 3.00. The molecule has 0 bridgehead atoms. The third kappa shape index (κ3) is 3.28. The average Bonchev–Trinajstić information content (AvgIpc) is 2.29. The Morgan fingerprint density at radius 3 is 2.39 bits per heavy atom. The maximum Gasteiger partial charge on any atom is 0.160 e. The van der Waals surface area contributed by atoms with Crippen LogP contribution in [0.4, 0.5) is 0 Å². The number of hydrogen-bond donors (Lipinski definition) is 0. The van der Waals surface area contributed by atoms with Gasteiger partial charge in [-0.1, -0.05) is 26.3 Å². The van der Waals surface area contributed by atoms with E-state index < -0.39 is 0 Å². The van der Waals surface area contributed by atoms with Crippen LogP contribution in [0.25, 0.3) is 11.3 Å². The van der Waals surface area contributed by atoms with Crippen molar-refractivity contribution in [2.45, 2.75) is 26.2 Å². The Morgan fingerprint density at radius 1 is 1.11 bits per heavy atom. The van der Waals surface area contributed by atoms with Crippen LogP contribution in [0.15, 0.2) is 42.6 Å². The molecule has 1 aromatic carbocycles. The molecular formula is C16H19IrN. The molecule has 0 unspecified atom stereocenters. The summed E-state index contributed by atoms with van der Waals surface area (Å²) in [7, 11) is 2.07. The fraction of sp³-hybridized carbons (Fsp3) is 0.312. The standard InChI is InChI=1S/C16H19N.Ir/c1-16(2,3)14-10-11-17(4)15(12-14)13-8-6-5-7-9-13;/h5-8,10-12H,1-4H3;. The van der Waals surface area contributed by atoms with Crippen molar-refractivity contribution in [1.82, 2.24) is 0 Å². The number of aryl methyl sites for hydroxylation is 1. The average molecular weight is 418 g/mol. The van der Waals surface area contributed by atoms with E-state index in [1.165, 1.54) is 11.3 Å². The molecule has 0 saturated heterocycles. The molecule has 0 aliphatic carbocycles. The van der Waals surface area contributed by atoms with Crippen molar-refractivity contribution < 1.29 is 24.7 Å². The summed E-state index contributed by atoms with van der Waals surface area (Å²) in [5.74, 6) is 0. The van der Waals surface area contributed by atoms with E-state index in [1.54, 1.807) is 0 Å². The largest absolute Gasteiger partial charge is 0.242 e. The summed E-state index contributed by atoms with van der Waals surface area (Å²) in [4.78, 5) is 0. The molecule has 1 heterocycles. The summed E-state index contributed by atoms with van der Waals surface area (Å²) in [6.45, 7) is 6.71.